The summed E-state index contributed by atoms with van der Waals surface area (Å²) in [7, 11) is 0. The van der Waals surface area contributed by atoms with Gasteiger partial charge in [0.1, 0.15) is 11.6 Å². The second-order valence-corrected chi connectivity index (χ2v) is 4.84. The summed E-state index contributed by atoms with van der Waals surface area (Å²) < 4.78 is 23.5. The fourth-order valence-corrected chi connectivity index (χ4v) is 1.89. The van der Waals surface area contributed by atoms with Crippen molar-refractivity contribution in [3.8, 4) is 5.75 Å². The van der Waals surface area contributed by atoms with E-state index in [-0.39, 0.29) is 18.0 Å². The number of ether oxygens (including phenoxy) is 2. The molecule has 0 aliphatic carbocycles. The first-order chi connectivity index (χ1) is 11.5. The fraction of sp³-hybridized carbons (Fsp3) is 0.125. The monoisotopic (exact) mass is 352 g/mol. The molecule has 1 N–H and O–H groups in total. The molecule has 2 rings (SSSR count). The second-order valence-electron chi connectivity index (χ2n) is 4.50. The highest BCUT2D eigenvalue weighted by molar-refractivity contribution is 6.35. The highest BCUT2D eigenvalue weighted by atomic mass is 35.5. The van der Waals surface area contributed by atoms with Crippen LogP contribution in [0.5, 0.6) is 5.75 Å². The summed E-state index contributed by atoms with van der Waals surface area (Å²) >= 11 is 5.87. The summed E-state index contributed by atoms with van der Waals surface area (Å²) in [5.74, 6) is -0.281. The molecule has 24 heavy (non-hydrogen) atoms. The Bertz CT molecular complexity index is 724. The molecule has 8 heteroatoms. The lowest BCUT2D eigenvalue weighted by Gasteiger charge is -2.14. The maximum absolute atomic E-state index is 12.9. The number of rotatable bonds is 4. The molecule has 0 spiro atoms. The molecule has 126 valence electrons. The van der Waals surface area contributed by atoms with E-state index < -0.39 is 18.0 Å². The number of benzene rings is 2. The maximum atomic E-state index is 12.9. The van der Waals surface area contributed by atoms with Crippen LogP contribution in [0.2, 0.25) is 0 Å². The Balaban J connectivity index is 2.03. The number of hydrogen-bond acceptors (Lipinski definition) is 4. The Morgan fingerprint density at radius 3 is 2.58 bits per heavy atom. The number of amides is 2. The molecule has 0 fully saturated rings. The highest BCUT2D eigenvalue weighted by Gasteiger charge is 2.16. The average Bonchev–Trinajstić information content (AvgIpc) is 2.55. The summed E-state index contributed by atoms with van der Waals surface area (Å²) in [5, 5.41) is 2.48. The SMILES string of the molecule is CCOC(=O)Nc1cccc(OC(=O)N(Cl)c2ccc(F)cc2)c1. The molecule has 0 bridgehead atoms. The van der Waals surface area contributed by atoms with Gasteiger partial charge in [0.05, 0.1) is 12.3 Å². The zero-order valence-electron chi connectivity index (χ0n) is 12.7. The number of anilines is 2. The van der Waals surface area contributed by atoms with Crippen LogP contribution in [0, 0.1) is 5.82 Å². The van der Waals surface area contributed by atoms with Gasteiger partial charge in [0.15, 0.2) is 0 Å². The molecule has 0 aromatic heterocycles. The Hall–Kier alpha value is -2.80. The molecule has 0 aliphatic rings. The van der Waals surface area contributed by atoms with E-state index in [4.69, 9.17) is 21.3 Å². The topological polar surface area (TPSA) is 67.9 Å². The van der Waals surface area contributed by atoms with Crippen molar-refractivity contribution < 1.29 is 23.5 Å². The molecule has 2 aromatic carbocycles. The van der Waals surface area contributed by atoms with E-state index in [9.17, 15) is 14.0 Å². The van der Waals surface area contributed by atoms with Crippen molar-refractivity contribution in [1.82, 2.24) is 0 Å². The van der Waals surface area contributed by atoms with Crippen molar-refractivity contribution in [3.63, 3.8) is 0 Å². The number of nitrogens with zero attached hydrogens (tertiary/aromatic N) is 1. The molecule has 0 atom stereocenters. The Morgan fingerprint density at radius 2 is 1.92 bits per heavy atom. The van der Waals surface area contributed by atoms with Gasteiger partial charge >= 0.3 is 12.2 Å². The van der Waals surface area contributed by atoms with Gasteiger partial charge in [-0.25, -0.2) is 14.0 Å². The average molecular weight is 353 g/mol. The van der Waals surface area contributed by atoms with E-state index >= 15 is 0 Å². The lowest BCUT2D eigenvalue weighted by molar-refractivity contribution is 0.168. The zero-order chi connectivity index (χ0) is 17.5. The lowest BCUT2D eigenvalue weighted by atomic mass is 10.3. The zero-order valence-corrected chi connectivity index (χ0v) is 13.4. The van der Waals surface area contributed by atoms with Gasteiger partial charge in [0.2, 0.25) is 0 Å². The smallest absolute Gasteiger partial charge is 0.434 e. The van der Waals surface area contributed by atoms with Crippen molar-refractivity contribution >= 4 is 35.3 Å². The molecule has 0 unspecified atom stereocenters. The number of carbonyl (C=O) groups excluding carboxylic acids is 2. The fourth-order valence-electron chi connectivity index (χ4n) is 1.74. The first-order valence-electron chi connectivity index (χ1n) is 6.96. The lowest BCUT2D eigenvalue weighted by Crippen LogP contribution is -2.24. The van der Waals surface area contributed by atoms with Crippen LogP contribution in [-0.2, 0) is 4.74 Å². The van der Waals surface area contributed by atoms with Crippen molar-refractivity contribution in [1.29, 1.82) is 0 Å². The summed E-state index contributed by atoms with van der Waals surface area (Å²) in [6, 6.07) is 11.1. The Kier molecular flexibility index (Phi) is 5.97. The standard InChI is InChI=1S/C16H14ClFN2O4/c1-2-23-15(21)19-12-4-3-5-14(10-12)24-16(22)20(17)13-8-6-11(18)7-9-13/h3-10H,2H2,1H3,(H,19,21). The first kappa shape index (κ1) is 17.6. The van der Waals surface area contributed by atoms with E-state index in [1.807, 2.05) is 0 Å². The van der Waals surface area contributed by atoms with Gasteiger partial charge in [-0.1, -0.05) is 6.07 Å². The van der Waals surface area contributed by atoms with Gasteiger partial charge in [-0.2, -0.15) is 4.42 Å². The third-order valence-corrected chi connectivity index (χ3v) is 3.11. The molecule has 2 amide bonds. The van der Waals surface area contributed by atoms with Crippen LogP contribution in [0.3, 0.4) is 0 Å². The van der Waals surface area contributed by atoms with Gasteiger partial charge in [-0.3, -0.25) is 5.32 Å². The van der Waals surface area contributed by atoms with Crippen LogP contribution >= 0.6 is 11.8 Å². The van der Waals surface area contributed by atoms with Crippen LogP contribution in [0.15, 0.2) is 48.5 Å². The molecular weight excluding hydrogens is 339 g/mol. The summed E-state index contributed by atoms with van der Waals surface area (Å²) in [6.45, 7) is 1.92. The number of hydrogen-bond donors (Lipinski definition) is 1. The van der Waals surface area contributed by atoms with E-state index in [0.29, 0.717) is 10.1 Å². The summed E-state index contributed by atoms with van der Waals surface area (Å²) in [5.41, 5.74) is 0.644. The van der Waals surface area contributed by atoms with Crippen molar-refractivity contribution in [3.05, 3.63) is 54.3 Å². The molecule has 0 radical (unpaired) electrons. The molecule has 0 saturated carbocycles. The van der Waals surface area contributed by atoms with Crippen LogP contribution in [0.4, 0.5) is 25.4 Å². The van der Waals surface area contributed by atoms with Crippen LogP contribution < -0.4 is 14.5 Å². The molecule has 6 nitrogen and oxygen atoms in total. The van der Waals surface area contributed by atoms with E-state index in [0.717, 1.165) is 0 Å². The largest absolute Gasteiger partial charge is 0.450 e. The third-order valence-electron chi connectivity index (χ3n) is 2.77. The van der Waals surface area contributed by atoms with E-state index in [1.54, 1.807) is 19.1 Å². The van der Waals surface area contributed by atoms with Crippen molar-refractivity contribution in [2.75, 3.05) is 16.3 Å². The minimum atomic E-state index is -0.878. The van der Waals surface area contributed by atoms with Gasteiger partial charge in [0, 0.05) is 23.5 Å². The highest BCUT2D eigenvalue weighted by Crippen LogP contribution is 2.22. The molecule has 2 aromatic rings. The van der Waals surface area contributed by atoms with Gasteiger partial charge in [0.25, 0.3) is 0 Å². The Morgan fingerprint density at radius 1 is 1.21 bits per heavy atom. The van der Waals surface area contributed by atoms with Crippen LogP contribution in [0.1, 0.15) is 6.92 Å². The predicted octanol–water partition coefficient (Wildman–Crippen LogP) is 4.55. The molecular formula is C16H14ClFN2O4. The van der Waals surface area contributed by atoms with Crippen LogP contribution in [0.25, 0.3) is 0 Å². The van der Waals surface area contributed by atoms with E-state index in [2.05, 4.69) is 5.32 Å². The minimum absolute atomic E-state index is 0.169. The Labute approximate surface area is 142 Å². The third kappa shape index (κ3) is 4.85. The quantitative estimate of drug-likeness (QED) is 0.819. The van der Waals surface area contributed by atoms with Crippen LogP contribution in [-0.4, -0.2) is 18.8 Å². The summed E-state index contributed by atoms with van der Waals surface area (Å²) in [6.07, 6.45) is -1.50. The normalized spacial score (nSPS) is 9.96. The molecule has 0 aliphatic heterocycles. The van der Waals surface area contributed by atoms with Gasteiger partial charge in [-0.05, 0) is 43.3 Å². The number of carbonyl (C=O) groups is 2. The second kappa shape index (κ2) is 8.16. The van der Waals surface area contributed by atoms with Crippen molar-refractivity contribution in [2.45, 2.75) is 6.92 Å². The minimum Gasteiger partial charge on any atom is -0.450 e. The number of nitrogens with one attached hydrogen (secondary N) is 1. The van der Waals surface area contributed by atoms with E-state index in [1.165, 1.54) is 36.4 Å². The van der Waals surface area contributed by atoms with Crippen molar-refractivity contribution in [2.24, 2.45) is 0 Å². The maximum Gasteiger partial charge on any atom is 0.434 e. The first-order valence-corrected chi connectivity index (χ1v) is 7.30. The van der Waals surface area contributed by atoms with Gasteiger partial charge < -0.3 is 9.47 Å². The number of halogens is 2. The predicted molar refractivity (Wildman–Crippen MR) is 87.8 cm³/mol. The summed E-state index contributed by atoms with van der Waals surface area (Å²) in [4.78, 5) is 23.4. The van der Waals surface area contributed by atoms with Gasteiger partial charge in [-0.15, -0.1) is 0 Å². The molecule has 0 saturated heterocycles. The molecule has 0 heterocycles.